The van der Waals surface area contributed by atoms with Crippen LogP contribution < -0.4 is 0 Å². The van der Waals surface area contributed by atoms with E-state index in [4.69, 9.17) is 23.7 Å². The van der Waals surface area contributed by atoms with Crippen LogP contribution in [0.5, 0.6) is 0 Å². The third kappa shape index (κ3) is 18.1. The molecule has 2 aliphatic rings. The van der Waals surface area contributed by atoms with Crippen LogP contribution in [0.2, 0.25) is 0 Å². The second-order valence-corrected chi connectivity index (χ2v) is 16.0. The maximum atomic E-state index is 12.7. The lowest BCUT2D eigenvalue weighted by Gasteiger charge is -2.34. The second-order valence-electron chi connectivity index (χ2n) is 15.2. The van der Waals surface area contributed by atoms with E-state index in [0.717, 1.165) is 13.1 Å². The maximum absolute atomic E-state index is 12.7. The number of alkyl halides is 1. The molecular formula is C38H61BrN2O12. The van der Waals surface area contributed by atoms with Crippen LogP contribution in [0.1, 0.15) is 73.3 Å². The smallest absolute Gasteiger partial charge is 0.410 e. The van der Waals surface area contributed by atoms with Crippen molar-refractivity contribution in [1.29, 1.82) is 0 Å². The number of methoxy groups -OCH3 is 4. The number of ether oxygens (including phenoxy) is 7. The lowest BCUT2D eigenvalue weighted by atomic mass is 9.83. The first kappa shape index (κ1) is 47.8. The van der Waals surface area contributed by atoms with E-state index < -0.39 is 34.6 Å². The Hall–Kier alpha value is -3.27. The standard InChI is InChI=1S/C18H31NO7.C16H23NO3.C4H7BrO2/c1-16(2,3)26-15(22)19-10-17(4,5)25-12-18(11-19,14(21)24-7)9-8-13(20)23-6;1-16(2)12-17(9-13-7-5-4-6-8-13)10-14(11-20-16)15(18)19-3;1-7-4(6)2-3-5/h8-12H2,1-7H3;4-8,14H,9-12H2,1-3H3;2-3H2,1H3. The summed E-state index contributed by atoms with van der Waals surface area (Å²) >= 11 is 3.09. The summed E-state index contributed by atoms with van der Waals surface area (Å²) < 4.78 is 36.0. The molecule has 1 aromatic carbocycles. The molecule has 15 heteroatoms. The van der Waals surface area contributed by atoms with Gasteiger partial charge in [-0.05, 0) is 60.5 Å². The minimum atomic E-state index is -1.17. The third-order valence-electron chi connectivity index (χ3n) is 8.18. The van der Waals surface area contributed by atoms with Crippen molar-refractivity contribution in [2.75, 3.05) is 73.2 Å². The summed E-state index contributed by atoms with van der Waals surface area (Å²) in [5.41, 5.74) is -1.54. The summed E-state index contributed by atoms with van der Waals surface area (Å²) in [6, 6.07) is 10.3. The van der Waals surface area contributed by atoms with Crippen molar-refractivity contribution in [3.63, 3.8) is 0 Å². The molecule has 0 aromatic heterocycles. The number of amides is 1. The number of hydrogen-bond acceptors (Lipinski definition) is 13. The molecule has 0 radical (unpaired) electrons. The topological polar surface area (TPSA) is 156 Å². The maximum Gasteiger partial charge on any atom is 0.410 e. The number of hydrogen-bond donors (Lipinski definition) is 0. The molecule has 2 fully saturated rings. The highest BCUT2D eigenvalue weighted by atomic mass is 79.9. The second kappa shape index (κ2) is 22.2. The molecule has 0 N–H and O–H groups in total. The highest BCUT2D eigenvalue weighted by molar-refractivity contribution is 9.09. The molecule has 2 heterocycles. The van der Waals surface area contributed by atoms with E-state index in [1.54, 1.807) is 20.8 Å². The Morgan fingerprint density at radius 1 is 0.811 bits per heavy atom. The van der Waals surface area contributed by atoms with Gasteiger partial charge in [0.05, 0.1) is 71.7 Å². The average Bonchev–Trinajstić information content (AvgIpc) is 3.34. The molecule has 2 unspecified atom stereocenters. The molecule has 14 nitrogen and oxygen atoms in total. The van der Waals surface area contributed by atoms with Crippen molar-refractivity contribution < 1.29 is 57.1 Å². The number of benzene rings is 1. The Bertz CT molecular complexity index is 1320. The fourth-order valence-electron chi connectivity index (χ4n) is 5.59. The monoisotopic (exact) mass is 816 g/mol. The third-order valence-corrected chi connectivity index (χ3v) is 8.57. The van der Waals surface area contributed by atoms with Gasteiger partial charge in [0.25, 0.3) is 0 Å². The van der Waals surface area contributed by atoms with Gasteiger partial charge >= 0.3 is 30.0 Å². The van der Waals surface area contributed by atoms with Crippen molar-refractivity contribution in [3.8, 4) is 0 Å². The van der Waals surface area contributed by atoms with E-state index in [2.05, 4.69) is 56.3 Å². The van der Waals surface area contributed by atoms with Crippen LogP contribution in [-0.4, -0.2) is 130 Å². The zero-order chi connectivity index (χ0) is 40.5. The lowest BCUT2D eigenvalue weighted by Crippen LogP contribution is -2.49. The van der Waals surface area contributed by atoms with Gasteiger partial charge in [0, 0.05) is 37.9 Å². The van der Waals surface area contributed by atoms with Gasteiger partial charge in [0.1, 0.15) is 11.0 Å². The van der Waals surface area contributed by atoms with E-state index in [-0.39, 0.29) is 56.0 Å². The van der Waals surface area contributed by atoms with Gasteiger partial charge in [-0.2, -0.15) is 0 Å². The summed E-state index contributed by atoms with van der Waals surface area (Å²) in [6.07, 6.45) is 0.0675. The Labute approximate surface area is 323 Å². The van der Waals surface area contributed by atoms with E-state index >= 15 is 0 Å². The molecular weight excluding hydrogens is 756 g/mol. The summed E-state index contributed by atoms with van der Waals surface area (Å²) in [5, 5.41) is 0.680. The molecule has 2 aliphatic heterocycles. The van der Waals surface area contributed by atoms with E-state index in [1.165, 1.54) is 38.9 Å². The Kier molecular flexibility index (Phi) is 20.0. The molecule has 0 bridgehead atoms. The summed E-state index contributed by atoms with van der Waals surface area (Å²) in [5.74, 6) is -1.56. The summed E-state index contributed by atoms with van der Waals surface area (Å²) in [7, 11) is 5.37. The Balaban J connectivity index is 0.000000458. The summed E-state index contributed by atoms with van der Waals surface area (Å²) in [6.45, 7) is 16.1. The van der Waals surface area contributed by atoms with Crippen LogP contribution in [-0.2, 0) is 58.9 Å². The molecule has 1 amide bonds. The average molecular weight is 818 g/mol. The first-order valence-corrected chi connectivity index (χ1v) is 18.7. The van der Waals surface area contributed by atoms with E-state index in [1.807, 2.05) is 32.0 Å². The first-order valence-electron chi connectivity index (χ1n) is 17.5. The fourth-order valence-corrected chi connectivity index (χ4v) is 5.91. The fraction of sp³-hybridized carbons (Fsp3) is 0.711. The van der Waals surface area contributed by atoms with E-state index in [9.17, 15) is 24.0 Å². The van der Waals surface area contributed by atoms with Gasteiger partial charge in [0.2, 0.25) is 0 Å². The number of halogens is 1. The van der Waals surface area contributed by atoms with Crippen LogP contribution in [0, 0.1) is 11.3 Å². The Morgan fingerprint density at radius 3 is 1.91 bits per heavy atom. The molecule has 1 aromatic rings. The predicted octanol–water partition coefficient (Wildman–Crippen LogP) is 5.18. The van der Waals surface area contributed by atoms with Crippen LogP contribution in [0.4, 0.5) is 4.79 Å². The van der Waals surface area contributed by atoms with Crippen molar-refractivity contribution >= 4 is 45.9 Å². The predicted molar refractivity (Wildman–Crippen MR) is 201 cm³/mol. The number of rotatable bonds is 9. The first-order chi connectivity index (χ1) is 24.6. The van der Waals surface area contributed by atoms with Gasteiger partial charge < -0.3 is 38.1 Å². The van der Waals surface area contributed by atoms with Gasteiger partial charge in [0.15, 0.2) is 0 Å². The minimum Gasteiger partial charge on any atom is -0.469 e. The molecule has 0 spiro atoms. The van der Waals surface area contributed by atoms with Gasteiger partial charge in [-0.3, -0.25) is 24.1 Å². The van der Waals surface area contributed by atoms with Gasteiger partial charge in [-0.25, -0.2) is 4.79 Å². The number of nitrogens with zero attached hydrogens (tertiary/aromatic N) is 2. The van der Waals surface area contributed by atoms with Crippen molar-refractivity contribution in [3.05, 3.63) is 35.9 Å². The molecule has 0 aliphatic carbocycles. The summed E-state index contributed by atoms with van der Waals surface area (Å²) in [4.78, 5) is 62.5. The zero-order valence-corrected chi connectivity index (χ0v) is 35.0. The van der Waals surface area contributed by atoms with Crippen molar-refractivity contribution in [2.45, 2.75) is 91.1 Å². The molecule has 3 rings (SSSR count). The lowest BCUT2D eigenvalue weighted by molar-refractivity contribution is -0.160. The van der Waals surface area contributed by atoms with Crippen LogP contribution >= 0.6 is 15.9 Å². The van der Waals surface area contributed by atoms with Crippen molar-refractivity contribution in [1.82, 2.24) is 9.80 Å². The number of esters is 4. The molecule has 2 atom stereocenters. The van der Waals surface area contributed by atoms with Crippen molar-refractivity contribution in [2.24, 2.45) is 11.3 Å². The largest absolute Gasteiger partial charge is 0.469 e. The molecule has 2 saturated heterocycles. The number of carbonyl (C=O) groups excluding carboxylic acids is 5. The molecule has 0 saturated carbocycles. The normalized spacial score (nSPS) is 21.1. The van der Waals surface area contributed by atoms with E-state index in [0.29, 0.717) is 24.9 Å². The van der Waals surface area contributed by atoms with Crippen LogP contribution in [0.25, 0.3) is 0 Å². The van der Waals surface area contributed by atoms with Crippen LogP contribution in [0.3, 0.4) is 0 Å². The molecule has 302 valence electrons. The van der Waals surface area contributed by atoms with Gasteiger partial charge in [-0.15, -0.1) is 0 Å². The minimum absolute atomic E-state index is 0.0115. The SMILES string of the molecule is COC(=O)C1COC(C)(C)CN(Cc2ccccc2)C1.COC(=O)CCBr.COC(=O)CCC1(C(=O)OC)COC(C)(C)CN(C(=O)OC(C)(C)C)C1. The highest BCUT2D eigenvalue weighted by Crippen LogP contribution is 2.34. The van der Waals surface area contributed by atoms with Gasteiger partial charge in [-0.1, -0.05) is 46.3 Å². The quantitative estimate of drug-likeness (QED) is 0.183. The zero-order valence-electron chi connectivity index (χ0n) is 33.4. The van der Waals surface area contributed by atoms with Crippen LogP contribution in [0.15, 0.2) is 30.3 Å². The molecule has 53 heavy (non-hydrogen) atoms. The highest BCUT2D eigenvalue weighted by Gasteiger charge is 2.48. The Morgan fingerprint density at radius 2 is 1.40 bits per heavy atom. The number of carbonyl (C=O) groups is 5.